The van der Waals surface area contributed by atoms with Gasteiger partial charge in [-0.15, -0.1) is 0 Å². The summed E-state index contributed by atoms with van der Waals surface area (Å²) in [6.45, 7) is 5.91. The van der Waals surface area contributed by atoms with Gasteiger partial charge in [-0.3, -0.25) is 4.79 Å². The first-order valence-electron chi connectivity index (χ1n) is 5.94. The molecule has 1 aromatic rings. The highest BCUT2D eigenvalue weighted by Crippen LogP contribution is 2.55. The van der Waals surface area contributed by atoms with Crippen molar-refractivity contribution < 1.29 is 9.90 Å². The molecule has 92 valence electrons. The van der Waals surface area contributed by atoms with Gasteiger partial charge in [0.2, 0.25) is 0 Å². The number of carboxylic acids is 1. The summed E-state index contributed by atoms with van der Waals surface area (Å²) in [6, 6.07) is 0. The molecule has 1 unspecified atom stereocenters. The average molecular weight is 234 g/mol. The summed E-state index contributed by atoms with van der Waals surface area (Å²) in [5, 5.41) is 8.95. The van der Waals surface area contributed by atoms with E-state index in [9.17, 15) is 4.79 Å². The molecule has 0 aromatic carbocycles. The first-order chi connectivity index (χ1) is 7.92. The topological polar surface area (TPSA) is 63.1 Å². The van der Waals surface area contributed by atoms with Crippen molar-refractivity contribution in [1.29, 1.82) is 0 Å². The standard InChI is InChI=1S/C13H18N2O2/c1-8-10(7-14-9(2)15-8)4-5-13(3)6-11(13)12(16)17/h7,11H,4-6H2,1-3H3,(H,16,17)/t11?,13-/m0/s1. The molecule has 1 heterocycles. The van der Waals surface area contributed by atoms with Crippen LogP contribution in [0.5, 0.6) is 0 Å². The zero-order valence-electron chi connectivity index (χ0n) is 10.5. The van der Waals surface area contributed by atoms with Crippen molar-refractivity contribution in [3.8, 4) is 0 Å². The van der Waals surface area contributed by atoms with Crippen LogP contribution in [0.4, 0.5) is 0 Å². The van der Waals surface area contributed by atoms with Crippen LogP contribution in [0.3, 0.4) is 0 Å². The monoisotopic (exact) mass is 234 g/mol. The number of hydrogen-bond acceptors (Lipinski definition) is 3. The van der Waals surface area contributed by atoms with Gasteiger partial charge in [0, 0.05) is 11.9 Å². The summed E-state index contributed by atoms with van der Waals surface area (Å²) >= 11 is 0. The molecular weight excluding hydrogens is 216 g/mol. The Hall–Kier alpha value is -1.45. The number of nitrogens with zero attached hydrogens (tertiary/aromatic N) is 2. The molecule has 1 aromatic heterocycles. The SMILES string of the molecule is Cc1ncc(CC[C@@]2(C)CC2C(=O)O)c(C)n1. The maximum atomic E-state index is 10.9. The summed E-state index contributed by atoms with van der Waals surface area (Å²) in [5.74, 6) is -0.0363. The Bertz CT molecular complexity index is 459. The van der Waals surface area contributed by atoms with Crippen LogP contribution in [-0.4, -0.2) is 21.0 Å². The van der Waals surface area contributed by atoms with Crippen LogP contribution >= 0.6 is 0 Å². The zero-order valence-corrected chi connectivity index (χ0v) is 10.5. The molecule has 1 saturated carbocycles. The van der Waals surface area contributed by atoms with E-state index in [1.165, 1.54) is 0 Å². The summed E-state index contributed by atoms with van der Waals surface area (Å²) in [5.41, 5.74) is 2.12. The van der Waals surface area contributed by atoms with E-state index in [2.05, 4.69) is 16.9 Å². The smallest absolute Gasteiger partial charge is 0.307 e. The van der Waals surface area contributed by atoms with Gasteiger partial charge >= 0.3 is 5.97 Å². The quantitative estimate of drug-likeness (QED) is 0.866. The number of carbonyl (C=O) groups is 1. The molecular formula is C13H18N2O2. The first-order valence-corrected chi connectivity index (χ1v) is 5.94. The normalized spacial score (nSPS) is 26.9. The Kier molecular flexibility index (Phi) is 2.89. The number of aliphatic carboxylic acids is 1. The Morgan fingerprint density at radius 1 is 1.59 bits per heavy atom. The van der Waals surface area contributed by atoms with E-state index in [1.807, 2.05) is 20.0 Å². The fraction of sp³-hybridized carbons (Fsp3) is 0.615. The summed E-state index contributed by atoms with van der Waals surface area (Å²) in [4.78, 5) is 19.4. The lowest BCUT2D eigenvalue weighted by Crippen LogP contribution is -2.09. The van der Waals surface area contributed by atoms with Gasteiger partial charge in [-0.05, 0) is 44.1 Å². The lowest BCUT2D eigenvalue weighted by molar-refractivity contribution is -0.139. The molecule has 1 fully saturated rings. The molecule has 4 heteroatoms. The van der Waals surface area contributed by atoms with E-state index in [-0.39, 0.29) is 11.3 Å². The molecule has 0 amide bonds. The highest BCUT2D eigenvalue weighted by Gasteiger charge is 2.54. The molecule has 0 bridgehead atoms. The number of aromatic nitrogens is 2. The highest BCUT2D eigenvalue weighted by atomic mass is 16.4. The third-order valence-electron chi connectivity index (χ3n) is 3.82. The van der Waals surface area contributed by atoms with Crippen molar-refractivity contribution in [2.24, 2.45) is 11.3 Å². The van der Waals surface area contributed by atoms with Gasteiger partial charge in [0.25, 0.3) is 0 Å². The predicted octanol–water partition coefficient (Wildman–Crippen LogP) is 2.14. The molecule has 0 radical (unpaired) electrons. The second kappa shape index (κ2) is 4.09. The van der Waals surface area contributed by atoms with Crippen LogP contribution < -0.4 is 0 Å². The average Bonchev–Trinajstić information content (AvgIpc) is 2.90. The van der Waals surface area contributed by atoms with Crippen LogP contribution in [-0.2, 0) is 11.2 Å². The first kappa shape index (κ1) is 12.0. The van der Waals surface area contributed by atoms with Crippen molar-refractivity contribution in [2.75, 3.05) is 0 Å². The van der Waals surface area contributed by atoms with Gasteiger partial charge in [-0.2, -0.15) is 0 Å². The molecule has 2 rings (SSSR count). The molecule has 1 aliphatic carbocycles. The minimum atomic E-state index is -0.663. The molecule has 1 N–H and O–H groups in total. The number of carboxylic acid groups (broad SMARTS) is 1. The van der Waals surface area contributed by atoms with Gasteiger partial charge in [0.15, 0.2) is 0 Å². The predicted molar refractivity (Wildman–Crippen MR) is 63.7 cm³/mol. The van der Waals surface area contributed by atoms with Crippen LogP contribution in [0.2, 0.25) is 0 Å². The fourth-order valence-electron chi connectivity index (χ4n) is 2.34. The van der Waals surface area contributed by atoms with Crippen molar-refractivity contribution in [1.82, 2.24) is 9.97 Å². The van der Waals surface area contributed by atoms with Gasteiger partial charge in [-0.25, -0.2) is 9.97 Å². The van der Waals surface area contributed by atoms with Gasteiger partial charge in [0.1, 0.15) is 5.82 Å². The summed E-state index contributed by atoms with van der Waals surface area (Å²) < 4.78 is 0. The summed E-state index contributed by atoms with van der Waals surface area (Å²) in [7, 11) is 0. The lowest BCUT2D eigenvalue weighted by atomic mass is 9.96. The van der Waals surface area contributed by atoms with E-state index in [0.29, 0.717) is 0 Å². The largest absolute Gasteiger partial charge is 0.481 e. The zero-order chi connectivity index (χ0) is 12.6. The Labute approximate surface area is 101 Å². The Morgan fingerprint density at radius 3 is 2.82 bits per heavy atom. The molecule has 17 heavy (non-hydrogen) atoms. The summed E-state index contributed by atoms with van der Waals surface area (Å²) in [6.07, 6.45) is 4.43. The van der Waals surface area contributed by atoms with E-state index < -0.39 is 5.97 Å². The van der Waals surface area contributed by atoms with Gasteiger partial charge < -0.3 is 5.11 Å². The Balaban J connectivity index is 1.97. The van der Waals surface area contributed by atoms with E-state index in [0.717, 1.165) is 36.3 Å². The van der Waals surface area contributed by atoms with Crippen molar-refractivity contribution >= 4 is 5.97 Å². The van der Waals surface area contributed by atoms with Gasteiger partial charge in [0.05, 0.1) is 5.92 Å². The third-order valence-corrected chi connectivity index (χ3v) is 3.82. The van der Waals surface area contributed by atoms with Crippen LogP contribution in [0.25, 0.3) is 0 Å². The second-order valence-electron chi connectivity index (χ2n) is 5.28. The lowest BCUT2D eigenvalue weighted by Gasteiger charge is -2.10. The van der Waals surface area contributed by atoms with Gasteiger partial charge in [-0.1, -0.05) is 6.92 Å². The van der Waals surface area contributed by atoms with Crippen molar-refractivity contribution in [3.63, 3.8) is 0 Å². The molecule has 0 spiro atoms. The molecule has 2 atom stereocenters. The number of aryl methyl sites for hydroxylation is 3. The molecule has 4 nitrogen and oxygen atoms in total. The van der Waals surface area contributed by atoms with Crippen molar-refractivity contribution in [3.05, 3.63) is 23.3 Å². The third kappa shape index (κ3) is 2.46. The molecule has 1 aliphatic rings. The Morgan fingerprint density at radius 2 is 2.29 bits per heavy atom. The van der Waals surface area contributed by atoms with E-state index >= 15 is 0 Å². The highest BCUT2D eigenvalue weighted by molar-refractivity contribution is 5.74. The minimum absolute atomic E-state index is 0.0246. The van der Waals surface area contributed by atoms with Crippen LogP contribution in [0, 0.1) is 25.2 Å². The second-order valence-corrected chi connectivity index (χ2v) is 5.28. The van der Waals surface area contributed by atoms with Crippen LogP contribution in [0.1, 0.15) is 36.8 Å². The fourth-order valence-corrected chi connectivity index (χ4v) is 2.34. The van der Waals surface area contributed by atoms with E-state index in [4.69, 9.17) is 5.11 Å². The van der Waals surface area contributed by atoms with E-state index in [1.54, 1.807) is 0 Å². The van der Waals surface area contributed by atoms with Crippen molar-refractivity contribution in [2.45, 2.75) is 40.0 Å². The maximum Gasteiger partial charge on any atom is 0.307 e. The minimum Gasteiger partial charge on any atom is -0.481 e. The van der Waals surface area contributed by atoms with Crippen LogP contribution in [0.15, 0.2) is 6.20 Å². The molecule has 0 saturated heterocycles. The number of hydrogen-bond donors (Lipinski definition) is 1. The molecule has 0 aliphatic heterocycles. The number of rotatable bonds is 4. The maximum absolute atomic E-state index is 10.9.